The van der Waals surface area contributed by atoms with Crippen LogP contribution in [0, 0.1) is 6.92 Å². The minimum absolute atomic E-state index is 0.719. The third-order valence-corrected chi connectivity index (χ3v) is 3.76. The molecule has 0 atom stereocenters. The van der Waals surface area contributed by atoms with Gasteiger partial charge in [0, 0.05) is 12.1 Å². The van der Waals surface area contributed by atoms with Crippen molar-refractivity contribution in [3.8, 4) is 16.5 Å². The van der Waals surface area contributed by atoms with Crippen molar-refractivity contribution in [1.82, 2.24) is 9.88 Å². The van der Waals surface area contributed by atoms with Crippen LogP contribution in [0.4, 0.5) is 0 Å². The van der Waals surface area contributed by atoms with Gasteiger partial charge in [-0.15, -0.1) is 11.3 Å². The predicted octanol–water partition coefficient (Wildman–Crippen LogP) is 3.45. The van der Waals surface area contributed by atoms with E-state index in [9.17, 15) is 0 Å². The van der Waals surface area contributed by atoms with Crippen molar-refractivity contribution >= 4 is 11.3 Å². The average Bonchev–Trinajstić information content (AvgIpc) is 2.77. The lowest BCUT2D eigenvalue weighted by molar-refractivity contribution is 0.273. The van der Waals surface area contributed by atoms with E-state index in [-0.39, 0.29) is 0 Å². The number of nitrogens with zero attached hydrogens (tertiary/aromatic N) is 2. The maximum atomic E-state index is 5.76. The molecule has 0 amide bonds. The Morgan fingerprint density at radius 1 is 1.21 bits per heavy atom. The standard InChI is InChI=1S/C15H20N2OS/c1-12-14(18-11-7-10-17(2)3)16-15(19-12)13-8-5-4-6-9-13/h4-6,8-9H,7,10-11H2,1-3H3. The number of aryl methyl sites for hydroxylation is 1. The van der Waals surface area contributed by atoms with Gasteiger partial charge in [-0.3, -0.25) is 0 Å². The monoisotopic (exact) mass is 276 g/mol. The molecule has 0 aliphatic rings. The van der Waals surface area contributed by atoms with Crippen LogP contribution in [0.1, 0.15) is 11.3 Å². The minimum Gasteiger partial charge on any atom is -0.477 e. The van der Waals surface area contributed by atoms with Gasteiger partial charge in [0.05, 0.1) is 11.5 Å². The van der Waals surface area contributed by atoms with E-state index >= 15 is 0 Å². The van der Waals surface area contributed by atoms with E-state index < -0.39 is 0 Å². The molecule has 1 heterocycles. The van der Waals surface area contributed by atoms with Crippen molar-refractivity contribution < 1.29 is 4.74 Å². The van der Waals surface area contributed by atoms with Crippen LogP contribution < -0.4 is 4.74 Å². The second kappa shape index (κ2) is 6.68. The Hall–Kier alpha value is -1.39. The highest BCUT2D eigenvalue weighted by molar-refractivity contribution is 7.15. The summed E-state index contributed by atoms with van der Waals surface area (Å²) in [5, 5.41) is 1.03. The van der Waals surface area contributed by atoms with Crippen molar-refractivity contribution in [2.24, 2.45) is 0 Å². The zero-order chi connectivity index (χ0) is 13.7. The lowest BCUT2D eigenvalue weighted by atomic mass is 10.2. The van der Waals surface area contributed by atoms with Crippen LogP contribution in [0.15, 0.2) is 30.3 Å². The first-order valence-corrected chi connectivity index (χ1v) is 7.29. The molecular weight excluding hydrogens is 256 g/mol. The first-order valence-electron chi connectivity index (χ1n) is 6.47. The van der Waals surface area contributed by atoms with E-state index in [1.807, 2.05) is 18.2 Å². The van der Waals surface area contributed by atoms with Crippen LogP contribution >= 0.6 is 11.3 Å². The molecule has 0 spiro atoms. The van der Waals surface area contributed by atoms with E-state index in [4.69, 9.17) is 4.74 Å². The molecule has 1 aromatic heterocycles. The van der Waals surface area contributed by atoms with E-state index in [2.05, 4.69) is 43.0 Å². The van der Waals surface area contributed by atoms with Crippen LogP contribution in [0.25, 0.3) is 10.6 Å². The molecule has 3 nitrogen and oxygen atoms in total. The van der Waals surface area contributed by atoms with E-state index in [0.717, 1.165) is 40.9 Å². The molecule has 0 unspecified atom stereocenters. The Labute approximate surface area is 118 Å². The summed E-state index contributed by atoms with van der Waals surface area (Å²) < 4.78 is 5.76. The molecule has 4 heteroatoms. The second-order valence-corrected chi connectivity index (χ2v) is 5.95. The number of thiazole rings is 1. The molecule has 102 valence electrons. The summed E-state index contributed by atoms with van der Waals surface area (Å²) in [6, 6.07) is 10.2. The van der Waals surface area contributed by atoms with Gasteiger partial charge in [0.2, 0.25) is 5.88 Å². The van der Waals surface area contributed by atoms with Gasteiger partial charge in [-0.25, -0.2) is 4.98 Å². The Morgan fingerprint density at radius 3 is 2.63 bits per heavy atom. The third kappa shape index (κ3) is 4.04. The summed E-state index contributed by atoms with van der Waals surface area (Å²) in [6.07, 6.45) is 1.02. The fraction of sp³-hybridized carbons (Fsp3) is 0.400. The van der Waals surface area contributed by atoms with Gasteiger partial charge in [0.25, 0.3) is 0 Å². The highest BCUT2D eigenvalue weighted by Crippen LogP contribution is 2.31. The van der Waals surface area contributed by atoms with E-state index in [0.29, 0.717) is 0 Å². The Morgan fingerprint density at radius 2 is 1.95 bits per heavy atom. The van der Waals surface area contributed by atoms with Crippen molar-refractivity contribution in [3.63, 3.8) is 0 Å². The van der Waals surface area contributed by atoms with Crippen LogP contribution in [0.3, 0.4) is 0 Å². The number of hydrogen-bond acceptors (Lipinski definition) is 4. The lowest BCUT2D eigenvalue weighted by Crippen LogP contribution is -2.15. The molecular formula is C15H20N2OS. The summed E-state index contributed by atoms with van der Waals surface area (Å²) in [5.41, 5.74) is 1.15. The zero-order valence-corrected chi connectivity index (χ0v) is 12.5. The highest BCUT2D eigenvalue weighted by atomic mass is 32.1. The van der Waals surface area contributed by atoms with Crippen LogP contribution in [0.2, 0.25) is 0 Å². The van der Waals surface area contributed by atoms with Gasteiger partial charge in [-0.2, -0.15) is 0 Å². The van der Waals surface area contributed by atoms with Gasteiger partial charge >= 0.3 is 0 Å². The molecule has 0 aliphatic carbocycles. The SMILES string of the molecule is Cc1sc(-c2ccccc2)nc1OCCCN(C)C. The summed E-state index contributed by atoms with van der Waals surface area (Å²) >= 11 is 1.69. The summed E-state index contributed by atoms with van der Waals surface area (Å²) in [5.74, 6) is 0.780. The van der Waals surface area contributed by atoms with Gasteiger partial charge in [0.1, 0.15) is 5.01 Å². The molecule has 0 bridgehead atoms. The molecule has 0 N–H and O–H groups in total. The molecule has 0 aliphatic heterocycles. The summed E-state index contributed by atoms with van der Waals surface area (Å²) in [6.45, 7) is 3.82. The first kappa shape index (κ1) is 14.0. The normalized spacial score (nSPS) is 10.9. The van der Waals surface area contributed by atoms with Crippen molar-refractivity contribution in [2.45, 2.75) is 13.3 Å². The van der Waals surface area contributed by atoms with Crippen LogP contribution in [-0.2, 0) is 0 Å². The van der Waals surface area contributed by atoms with Gasteiger partial charge < -0.3 is 9.64 Å². The topological polar surface area (TPSA) is 25.4 Å². The van der Waals surface area contributed by atoms with Crippen molar-refractivity contribution in [3.05, 3.63) is 35.2 Å². The van der Waals surface area contributed by atoms with Crippen molar-refractivity contribution in [1.29, 1.82) is 0 Å². The maximum absolute atomic E-state index is 5.76. The molecule has 2 rings (SSSR count). The highest BCUT2D eigenvalue weighted by Gasteiger charge is 2.10. The van der Waals surface area contributed by atoms with Gasteiger partial charge in [-0.1, -0.05) is 30.3 Å². The molecule has 0 radical (unpaired) electrons. The Balaban J connectivity index is 1.97. The number of aromatic nitrogens is 1. The van der Waals surface area contributed by atoms with E-state index in [1.54, 1.807) is 11.3 Å². The Kier molecular flexibility index (Phi) is 4.93. The summed E-state index contributed by atoms with van der Waals surface area (Å²) in [7, 11) is 4.14. The van der Waals surface area contributed by atoms with Crippen LogP contribution in [-0.4, -0.2) is 37.1 Å². The third-order valence-electron chi connectivity index (χ3n) is 2.76. The van der Waals surface area contributed by atoms with E-state index in [1.165, 1.54) is 0 Å². The lowest BCUT2D eigenvalue weighted by Gasteiger charge is -2.09. The quantitative estimate of drug-likeness (QED) is 0.756. The number of ether oxygens (including phenoxy) is 1. The largest absolute Gasteiger partial charge is 0.477 e. The molecule has 0 saturated carbocycles. The smallest absolute Gasteiger partial charge is 0.227 e. The fourth-order valence-corrected chi connectivity index (χ4v) is 2.63. The van der Waals surface area contributed by atoms with Crippen LogP contribution in [0.5, 0.6) is 5.88 Å². The number of rotatable bonds is 6. The molecule has 19 heavy (non-hydrogen) atoms. The maximum Gasteiger partial charge on any atom is 0.227 e. The molecule has 1 aromatic carbocycles. The minimum atomic E-state index is 0.719. The Bertz CT molecular complexity index is 508. The number of benzene rings is 1. The molecule has 2 aromatic rings. The van der Waals surface area contributed by atoms with Gasteiger partial charge in [0.15, 0.2) is 0 Å². The fourth-order valence-electron chi connectivity index (χ4n) is 1.77. The summed E-state index contributed by atoms with van der Waals surface area (Å²) in [4.78, 5) is 7.88. The average molecular weight is 276 g/mol. The van der Waals surface area contributed by atoms with Gasteiger partial charge in [-0.05, 0) is 27.4 Å². The first-order chi connectivity index (χ1) is 9.16. The predicted molar refractivity (Wildman–Crippen MR) is 81.0 cm³/mol. The second-order valence-electron chi connectivity index (χ2n) is 4.75. The molecule has 0 saturated heterocycles. The zero-order valence-electron chi connectivity index (χ0n) is 11.7. The van der Waals surface area contributed by atoms with Crippen molar-refractivity contribution in [2.75, 3.05) is 27.2 Å². The number of hydrogen-bond donors (Lipinski definition) is 0. The molecule has 0 fully saturated rings.